The zero-order chi connectivity index (χ0) is 21.1. The second-order valence-electron chi connectivity index (χ2n) is 9.35. The van der Waals surface area contributed by atoms with Gasteiger partial charge in [-0.25, -0.2) is 4.99 Å². The Morgan fingerprint density at radius 2 is 1.83 bits per heavy atom. The van der Waals surface area contributed by atoms with E-state index in [-0.39, 0.29) is 36.4 Å². The zero-order valence-electron chi connectivity index (χ0n) is 19.5. The van der Waals surface area contributed by atoms with Gasteiger partial charge in [-0.3, -0.25) is 9.69 Å². The third kappa shape index (κ3) is 10.1. The van der Waals surface area contributed by atoms with Gasteiger partial charge in [-0.05, 0) is 43.6 Å². The minimum absolute atomic E-state index is 0. The Labute approximate surface area is 200 Å². The fourth-order valence-corrected chi connectivity index (χ4v) is 4.51. The molecule has 1 aliphatic heterocycles. The van der Waals surface area contributed by atoms with Gasteiger partial charge < -0.3 is 20.3 Å². The zero-order valence-corrected chi connectivity index (χ0v) is 21.9. The summed E-state index contributed by atoms with van der Waals surface area (Å²) in [5.41, 5.74) is 0.371. The van der Waals surface area contributed by atoms with E-state index in [0.29, 0.717) is 11.3 Å². The number of guanidine groups is 1. The number of amides is 1. The minimum Gasteiger partial charge on any atom is -0.379 e. The quantitative estimate of drug-likeness (QED) is 0.194. The molecule has 0 unspecified atom stereocenters. The van der Waals surface area contributed by atoms with Gasteiger partial charge in [-0.1, -0.05) is 26.7 Å². The van der Waals surface area contributed by atoms with E-state index in [1.54, 1.807) is 19.0 Å². The van der Waals surface area contributed by atoms with Gasteiger partial charge in [0.25, 0.3) is 0 Å². The van der Waals surface area contributed by atoms with Crippen molar-refractivity contribution in [3.8, 4) is 0 Å². The highest BCUT2D eigenvalue weighted by Gasteiger charge is 2.34. The third-order valence-electron chi connectivity index (χ3n) is 6.05. The Kier molecular flexibility index (Phi) is 13.2. The molecular formula is C22H44IN5O2. The number of carbonyl (C=O) groups is 1. The summed E-state index contributed by atoms with van der Waals surface area (Å²) in [5, 5.41) is 7.03. The molecule has 2 fully saturated rings. The van der Waals surface area contributed by atoms with Crippen LogP contribution in [0, 0.1) is 11.3 Å². The molecule has 30 heavy (non-hydrogen) atoms. The number of morpholine rings is 1. The van der Waals surface area contributed by atoms with Crippen molar-refractivity contribution >= 4 is 35.8 Å². The van der Waals surface area contributed by atoms with Crippen LogP contribution in [-0.4, -0.2) is 88.2 Å². The van der Waals surface area contributed by atoms with Gasteiger partial charge in [-0.2, -0.15) is 0 Å². The average Bonchev–Trinajstić information content (AvgIpc) is 3.14. The van der Waals surface area contributed by atoms with E-state index < -0.39 is 0 Å². The molecule has 176 valence electrons. The van der Waals surface area contributed by atoms with Crippen molar-refractivity contribution in [2.24, 2.45) is 16.3 Å². The molecule has 1 saturated carbocycles. The molecule has 1 saturated heterocycles. The molecule has 0 bridgehead atoms. The lowest BCUT2D eigenvalue weighted by atomic mass is 9.78. The van der Waals surface area contributed by atoms with E-state index in [1.165, 1.54) is 32.1 Å². The summed E-state index contributed by atoms with van der Waals surface area (Å²) in [6, 6.07) is 0. The van der Waals surface area contributed by atoms with E-state index in [0.717, 1.165) is 58.3 Å². The summed E-state index contributed by atoms with van der Waals surface area (Å²) in [5.74, 6) is 1.50. The van der Waals surface area contributed by atoms with Crippen LogP contribution in [0.2, 0.25) is 0 Å². The SMILES string of the molecule is CC(C)CC1(CNC(=NCC(=O)N(C)C)NCCCN2CCOCC2)CCCC1.I. The van der Waals surface area contributed by atoms with Gasteiger partial charge in [0.2, 0.25) is 5.91 Å². The van der Waals surface area contributed by atoms with Gasteiger partial charge in [-0.15, -0.1) is 24.0 Å². The van der Waals surface area contributed by atoms with Crippen LogP contribution in [0.5, 0.6) is 0 Å². The van der Waals surface area contributed by atoms with E-state index in [4.69, 9.17) is 4.74 Å². The topological polar surface area (TPSA) is 69.2 Å². The number of nitrogens with one attached hydrogen (secondary N) is 2. The van der Waals surface area contributed by atoms with Crippen molar-refractivity contribution < 1.29 is 9.53 Å². The standard InChI is InChI=1S/C22H43N5O2.HI/c1-19(2)16-22(8-5-6-9-22)18-25-21(24-17-20(28)26(3)4)23-10-7-11-27-12-14-29-15-13-27;/h19H,5-18H2,1-4H3,(H2,23,24,25);1H. The minimum atomic E-state index is 0. The van der Waals surface area contributed by atoms with E-state index in [9.17, 15) is 4.79 Å². The first-order valence-electron chi connectivity index (χ1n) is 11.4. The van der Waals surface area contributed by atoms with Crippen molar-refractivity contribution in [1.82, 2.24) is 20.4 Å². The van der Waals surface area contributed by atoms with Gasteiger partial charge >= 0.3 is 0 Å². The number of nitrogens with zero attached hydrogens (tertiary/aromatic N) is 3. The summed E-state index contributed by atoms with van der Waals surface area (Å²) in [6.45, 7) is 11.4. The van der Waals surface area contributed by atoms with E-state index in [1.807, 2.05) is 0 Å². The molecule has 2 rings (SSSR count). The van der Waals surface area contributed by atoms with E-state index in [2.05, 4.69) is 34.4 Å². The number of aliphatic imine (C=N–C) groups is 1. The van der Waals surface area contributed by atoms with Crippen LogP contribution in [0.25, 0.3) is 0 Å². The largest absolute Gasteiger partial charge is 0.379 e. The molecule has 1 aliphatic carbocycles. The number of carbonyl (C=O) groups excluding carboxylic acids is 1. The number of halogens is 1. The Hall–Kier alpha value is -0.610. The Morgan fingerprint density at radius 1 is 1.17 bits per heavy atom. The summed E-state index contributed by atoms with van der Waals surface area (Å²) in [6.07, 6.45) is 7.54. The second kappa shape index (κ2) is 14.5. The molecule has 0 spiro atoms. The molecule has 8 heteroatoms. The maximum absolute atomic E-state index is 12.0. The van der Waals surface area contributed by atoms with Crippen molar-refractivity contribution in [2.45, 2.75) is 52.4 Å². The smallest absolute Gasteiger partial charge is 0.243 e. The summed E-state index contributed by atoms with van der Waals surface area (Å²) in [7, 11) is 3.55. The number of hydrogen-bond acceptors (Lipinski definition) is 4. The van der Waals surface area contributed by atoms with Gasteiger partial charge in [0.15, 0.2) is 5.96 Å². The van der Waals surface area contributed by atoms with Crippen molar-refractivity contribution in [3.05, 3.63) is 0 Å². The second-order valence-corrected chi connectivity index (χ2v) is 9.35. The number of likely N-dealkylation sites (N-methyl/N-ethyl adjacent to an activating group) is 1. The first-order chi connectivity index (χ1) is 13.9. The molecular weight excluding hydrogens is 493 g/mol. The molecule has 0 aromatic rings. The number of ether oxygens (including phenoxy) is 1. The Balaban J connectivity index is 0.00000450. The van der Waals surface area contributed by atoms with Crippen LogP contribution in [0.3, 0.4) is 0 Å². The van der Waals surface area contributed by atoms with Gasteiger partial charge in [0, 0.05) is 40.3 Å². The average molecular weight is 538 g/mol. The lowest BCUT2D eigenvalue weighted by Crippen LogP contribution is -2.45. The summed E-state index contributed by atoms with van der Waals surface area (Å²) < 4.78 is 5.41. The van der Waals surface area contributed by atoms with Crippen molar-refractivity contribution in [2.75, 3.05) is 66.6 Å². The lowest BCUT2D eigenvalue weighted by Gasteiger charge is -2.32. The van der Waals surface area contributed by atoms with Gasteiger partial charge in [0.1, 0.15) is 6.54 Å². The predicted molar refractivity (Wildman–Crippen MR) is 135 cm³/mol. The fraction of sp³-hybridized carbons (Fsp3) is 0.909. The van der Waals surface area contributed by atoms with Crippen molar-refractivity contribution in [1.29, 1.82) is 0 Å². The van der Waals surface area contributed by atoms with Crippen LogP contribution >= 0.6 is 24.0 Å². The highest BCUT2D eigenvalue weighted by Crippen LogP contribution is 2.42. The third-order valence-corrected chi connectivity index (χ3v) is 6.05. The number of hydrogen-bond donors (Lipinski definition) is 2. The van der Waals surface area contributed by atoms with E-state index >= 15 is 0 Å². The maximum Gasteiger partial charge on any atom is 0.243 e. The predicted octanol–water partition coefficient (Wildman–Crippen LogP) is 2.56. The molecule has 0 aromatic heterocycles. The lowest BCUT2D eigenvalue weighted by molar-refractivity contribution is -0.127. The van der Waals surface area contributed by atoms with Crippen LogP contribution in [0.4, 0.5) is 0 Å². The van der Waals surface area contributed by atoms with Crippen molar-refractivity contribution in [3.63, 3.8) is 0 Å². The normalized spacial score (nSPS) is 19.4. The highest BCUT2D eigenvalue weighted by atomic mass is 127. The highest BCUT2D eigenvalue weighted by molar-refractivity contribution is 14.0. The molecule has 7 nitrogen and oxygen atoms in total. The van der Waals surface area contributed by atoms with Crippen LogP contribution in [0.1, 0.15) is 52.4 Å². The maximum atomic E-state index is 12.0. The van der Waals surface area contributed by atoms with Crippen LogP contribution in [-0.2, 0) is 9.53 Å². The first kappa shape index (κ1) is 27.4. The molecule has 1 heterocycles. The molecule has 2 N–H and O–H groups in total. The Bertz CT molecular complexity index is 516. The van der Waals surface area contributed by atoms with Crippen LogP contribution in [0.15, 0.2) is 4.99 Å². The Morgan fingerprint density at radius 3 is 2.43 bits per heavy atom. The molecule has 0 aromatic carbocycles. The van der Waals surface area contributed by atoms with Gasteiger partial charge in [0.05, 0.1) is 13.2 Å². The molecule has 2 aliphatic rings. The molecule has 0 atom stereocenters. The fourth-order valence-electron chi connectivity index (χ4n) is 4.51. The first-order valence-corrected chi connectivity index (χ1v) is 11.4. The molecule has 0 radical (unpaired) electrons. The summed E-state index contributed by atoms with van der Waals surface area (Å²) in [4.78, 5) is 20.6. The molecule has 1 amide bonds. The number of rotatable bonds is 10. The summed E-state index contributed by atoms with van der Waals surface area (Å²) >= 11 is 0. The monoisotopic (exact) mass is 537 g/mol. The van der Waals surface area contributed by atoms with Crippen LogP contribution < -0.4 is 10.6 Å².